The van der Waals surface area contributed by atoms with Crippen molar-refractivity contribution in [3.8, 4) is 11.5 Å². The van der Waals surface area contributed by atoms with Crippen molar-refractivity contribution in [3.63, 3.8) is 0 Å². The second-order valence-corrected chi connectivity index (χ2v) is 4.45. The Morgan fingerprint density at radius 1 is 1.38 bits per heavy atom. The smallest absolute Gasteiger partial charge is 0.331 e. The minimum absolute atomic E-state index is 0.171. The summed E-state index contributed by atoms with van der Waals surface area (Å²) in [5.41, 5.74) is 0.552. The predicted molar refractivity (Wildman–Crippen MR) is 76.2 cm³/mol. The van der Waals surface area contributed by atoms with E-state index in [1.165, 1.54) is 13.0 Å². The largest absolute Gasteiger partial charge is 0.454 e. The molecule has 1 amide bonds. The summed E-state index contributed by atoms with van der Waals surface area (Å²) < 4.78 is 15.4. The third kappa shape index (κ3) is 3.98. The van der Waals surface area contributed by atoms with Crippen LogP contribution in [0, 0.1) is 0 Å². The molecule has 112 valence electrons. The van der Waals surface area contributed by atoms with E-state index < -0.39 is 18.0 Å². The highest BCUT2D eigenvalue weighted by Crippen LogP contribution is 2.34. The first-order chi connectivity index (χ1) is 10.1. The van der Waals surface area contributed by atoms with Gasteiger partial charge in [0.25, 0.3) is 5.91 Å². The first-order valence-electron chi connectivity index (χ1n) is 6.68. The van der Waals surface area contributed by atoms with E-state index in [4.69, 9.17) is 14.2 Å². The number of allylic oxidation sites excluding steroid dienone is 1. The van der Waals surface area contributed by atoms with Crippen LogP contribution in [0.2, 0.25) is 0 Å². The maximum atomic E-state index is 11.9. The molecule has 1 aliphatic heterocycles. The molecule has 1 aliphatic rings. The molecule has 0 fully saturated rings. The third-order valence-electron chi connectivity index (χ3n) is 2.79. The van der Waals surface area contributed by atoms with Gasteiger partial charge in [-0.1, -0.05) is 13.0 Å². The number of hydrogen-bond acceptors (Lipinski definition) is 5. The van der Waals surface area contributed by atoms with Gasteiger partial charge in [-0.25, -0.2) is 4.79 Å². The number of anilines is 1. The highest BCUT2D eigenvalue weighted by atomic mass is 16.7. The molecule has 1 atom stereocenters. The zero-order valence-electron chi connectivity index (χ0n) is 11.9. The Morgan fingerprint density at radius 3 is 2.90 bits per heavy atom. The highest BCUT2D eigenvalue weighted by molar-refractivity contribution is 5.96. The molecule has 6 heteroatoms. The summed E-state index contributed by atoms with van der Waals surface area (Å²) in [6.07, 6.45) is 2.83. The van der Waals surface area contributed by atoms with Crippen LogP contribution in [0.3, 0.4) is 0 Å². The minimum Gasteiger partial charge on any atom is -0.454 e. The van der Waals surface area contributed by atoms with E-state index in [1.807, 2.05) is 6.92 Å². The molecule has 0 saturated heterocycles. The van der Waals surface area contributed by atoms with Crippen LogP contribution in [0.15, 0.2) is 30.4 Å². The molecule has 1 N–H and O–H groups in total. The van der Waals surface area contributed by atoms with Crippen LogP contribution in [0.5, 0.6) is 11.5 Å². The molecule has 0 aliphatic carbocycles. The standard InChI is InChI=1S/C15H17NO5/c1-3-4-5-14(17)21-10(2)15(18)16-11-6-7-12-13(8-11)20-9-19-12/h4-8,10H,3,9H2,1-2H3,(H,16,18)/b5-4+/t10-/m1/s1. The first-order valence-corrected chi connectivity index (χ1v) is 6.68. The second kappa shape index (κ2) is 6.78. The van der Waals surface area contributed by atoms with Crippen molar-refractivity contribution in [3.05, 3.63) is 30.4 Å². The summed E-state index contributed by atoms with van der Waals surface area (Å²) in [6, 6.07) is 5.06. The second-order valence-electron chi connectivity index (χ2n) is 4.45. The fourth-order valence-corrected chi connectivity index (χ4v) is 1.70. The van der Waals surface area contributed by atoms with E-state index in [0.29, 0.717) is 17.2 Å². The molecule has 0 radical (unpaired) electrons. The van der Waals surface area contributed by atoms with E-state index in [0.717, 1.165) is 6.42 Å². The molecular formula is C15H17NO5. The summed E-state index contributed by atoms with van der Waals surface area (Å²) >= 11 is 0. The van der Waals surface area contributed by atoms with E-state index in [-0.39, 0.29) is 6.79 Å². The number of fused-ring (bicyclic) bond motifs is 1. The van der Waals surface area contributed by atoms with Crippen LogP contribution >= 0.6 is 0 Å². The number of rotatable bonds is 5. The van der Waals surface area contributed by atoms with Gasteiger partial charge in [-0.2, -0.15) is 0 Å². The van der Waals surface area contributed by atoms with Crippen LogP contribution in [-0.2, 0) is 14.3 Å². The fraction of sp³-hybridized carbons (Fsp3) is 0.333. The quantitative estimate of drug-likeness (QED) is 0.665. The zero-order valence-corrected chi connectivity index (χ0v) is 11.9. The lowest BCUT2D eigenvalue weighted by atomic mass is 10.2. The lowest BCUT2D eigenvalue weighted by molar-refractivity contribution is -0.148. The number of hydrogen-bond donors (Lipinski definition) is 1. The van der Waals surface area contributed by atoms with Crippen LogP contribution in [0.25, 0.3) is 0 Å². The van der Waals surface area contributed by atoms with Crippen molar-refractivity contribution in [2.75, 3.05) is 12.1 Å². The van der Waals surface area contributed by atoms with Gasteiger partial charge in [0.05, 0.1) is 0 Å². The summed E-state index contributed by atoms with van der Waals surface area (Å²) in [5, 5.41) is 2.66. The number of carbonyl (C=O) groups excluding carboxylic acids is 2. The first kappa shape index (κ1) is 14.9. The molecule has 1 aromatic carbocycles. The normalized spacial score (nSPS) is 14.0. The van der Waals surface area contributed by atoms with Crippen molar-refractivity contribution < 1.29 is 23.8 Å². The Bertz CT molecular complexity index is 567. The number of carbonyl (C=O) groups is 2. The molecule has 0 spiro atoms. The van der Waals surface area contributed by atoms with Gasteiger partial charge in [0.15, 0.2) is 17.6 Å². The lowest BCUT2D eigenvalue weighted by Gasteiger charge is -2.12. The summed E-state index contributed by atoms with van der Waals surface area (Å²) in [4.78, 5) is 23.3. The van der Waals surface area contributed by atoms with E-state index >= 15 is 0 Å². The van der Waals surface area contributed by atoms with Crippen LogP contribution in [-0.4, -0.2) is 24.8 Å². The molecule has 0 saturated carbocycles. The number of nitrogens with one attached hydrogen (secondary N) is 1. The van der Waals surface area contributed by atoms with E-state index in [9.17, 15) is 9.59 Å². The third-order valence-corrected chi connectivity index (χ3v) is 2.79. The summed E-state index contributed by atoms with van der Waals surface area (Å²) in [6.45, 7) is 3.59. The Kier molecular flexibility index (Phi) is 4.81. The lowest BCUT2D eigenvalue weighted by Crippen LogP contribution is -2.29. The molecule has 1 aromatic rings. The number of amides is 1. The topological polar surface area (TPSA) is 73.9 Å². The van der Waals surface area contributed by atoms with Crippen molar-refractivity contribution >= 4 is 17.6 Å². The van der Waals surface area contributed by atoms with Gasteiger partial charge in [0.2, 0.25) is 6.79 Å². The monoisotopic (exact) mass is 291 g/mol. The van der Waals surface area contributed by atoms with Gasteiger partial charge in [-0.3, -0.25) is 4.79 Å². The Labute approximate surface area is 122 Å². The Hall–Kier alpha value is -2.50. The van der Waals surface area contributed by atoms with Crippen molar-refractivity contribution in [1.29, 1.82) is 0 Å². The molecule has 1 heterocycles. The van der Waals surface area contributed by atoms with Gasteiger partial charge in [-0.05, 0) is 25.5 Å². The summed E-state index contributed by atoms with van der Waals surface area (Å²) in [5.74, 6) is 0.262. The summed E-state index contributed by atoms with van der Waals surface area (Å²) in [7, 11) is 0. The van der Waals surface area contributed by atoms with Crippen molar-refractivity contribution in [2.24, 2.45) is 0 Å². The van der Waals surface area contributed by atoms with Crippen molar-refractivity contribution in [2.45, 2.75) is 26.4 Å². The van der Waals surface area contributed by atoms with Crippen LogP contribution in [0.1, 0.15) is 20.3 Å². The van der Waals surface area contributed by atoms with Gasteiger partial charge < -0.3 is 19.5 Å². The molecule has 2 rings (SSSR count). The van der Waals surface area contributed by atoms with Crippen LogP contribution < -0.4 is 14.8 Å². The van der Waals surface area contributed by atoms with Gasteiger partial charge in [-0.15, -0.1) is 0 Å². The Balaban J connectivity index is 1.91. The molecule has 0 unspecified atom stereocenters. The number of esters is 1. The molecule has 0 bridgehead atoms. The number of ether oxygens (including phenoxy) is 3. The molecular weight excluding hydrogens is 274 g/mol. The average molecular weight is 291 g/mol. The highest BCUT2D eigenvalue weighted by Gasteiger charge is 2.18. The van der Waals surface area contributed by atoms with Gasteiger partial charge in [0.1, 0.15) is 0 Å². The maximum absolute atomic E-state index is 11.9. The fourth-order valence-electron chi connectivity index (χ4n) is 1.70. The van der Waals surface area contributed by atoms with Crippen molar-refractivity contribution in [1.82, 2.24) is 0 Å². The average Bonchev–Trinajstić information content (AvgIpc) is 2.92. The molecule has 0 aromatic heterocycles. The van der Waals surface area contributed by atoms with Gasteiger partial charge >= 0.3 is 5.97 Å². The maximum Gasteiger partial charge on any atom is 0.331 e. The Morgan fingerprint density at radius 2 is 2.14 bits per heavy atom. The minimum atomic E-state index is -0.885. The zero-order chi connectivity index (χ0) is 15.2. The molecule has 21 heavy (non-hydrogen) atoms. The van der Waals surface area contributed by atoms with Gasteiger partial charge in [0, 0.05) is 17.8 Å². The predicted octanol–water partition coefficient (Wildman–Crippen LogP) is 2.25. The van der Waals surface area contributed by atoms with E-state index in [2.05, 4.69) is 5.32 Å². The molecule has 6 nitrogen and oxygen atoms in total. The van der Waals surface area contributed by atoms with E-state index in [1.54, 1.807) is 24.3 Å². The SMILES string of the molecule is CC/C=C/C(=O)O[C@H](C)C(=O)Nc1ccc2c(c1)OCO2. The van der Waals surface area contributed by atoms with Crippen LogP contribution in [0.4, 0.5) is 5.69 Å². The number of benzene rings is 1.